The van der Waals surface area contributed by atoms with Crippen LogP contribution in [0.15, 0.2) is 77.8 Å². The monoisotopic (exact) mass is 383 g/mol. The van der Waals surface area contributed by atoms with Crippen LogP contribution < -0.4 is 4.74 Å². The fourth-order valence-electron chi connectivity index (χ4n) is 3.00. The lowest BCUT2D eigenvalue weighted by molar-refractivity contribution is -0.384. The summed E-state index contributed by atoms with van der Waals surface area (Å²) in [5.74, 6) is 0.649. The molecule has 3 aromatic rings. The summed E-state index contributed by atoms with van der Waals surface area (Å²) < 4.78 is 5.87. The Bertz CT molecular complexity index is 1220. The molecular weight excluding hydrogens is 370 g/mol. The molecule has 0 radical (unpaired) electrons. The summed E-state index contributed by atoms with van der Waals surface area (Å²) in [7, 11) is 0. The summed E-state index contributed by atoms with van der Waals surface area (Å²) in [6, 6.07) is 21.6. The molecule has 1 N–H and O–H groups in total. The topological polar surface area (TPSA) is 109 Å². The average molecular weight is 383 g/mol. The molecular formula is C22H13N3O4. The third kappa shape index (κ3) is 3.31. The SMILES string of the molecule is N#C/C(=C1/N=C(c2ccccc2O)Oc2ccccc21)c1ccc([N+](=O)[O-])cc1. The van der Waals surface area contributed by atoms with Gasteiger partial charge in [-0.05, 0) is 42.0 Å². The molecule has 140 valence electrons. The van der Waals surface area contributed by atoms with E-state index in [-0.39, 0.29) is 22.9 Å². The highest BCUT2D eigenvalue weighted by Gasteiger charge is 2.24. The molecule has 0 saturated heterocycles. The number of nitrogens with zero attached hydrogens (tertiary/aromatic N) is 3. The number of ether oxygens (including phenoxy) is 1. The number of nitro groups is 1. The number of allylic oxidation sites excluding steroid dienone is 1. The third-order valence-electron chi connectivity index (χ3n) is 4.41. The van der Waals surface area contributed by atoms with Crippen molar-refractivity contribution in [2.75, 3.05) is 0 Å². The maximum atomic E-state index is 10.9. The largest absolute Gasteiger partial charge is 0.507 e. The van der Waals surface area contributed by atoms with E-state index in [1.807, 2.05) is 0 Å². The second kappa shape index (κ2) is 7.29. The molecule has 29 heavy (non-hydrogen) atoms. The number of phenols is 1. The number of phenolic OH excluding ortho intramolecular Hbond substituents is 1. The molecule has 1 aliphatic heterocycles. The molecule has 3 aromatic carbocycles. The summed E-state index contributed by atoms with van der Waals surface area (Å²) in [6.45, 7) is 0. The van der Waals surface area contributed by atoms with Crippen LogP contribution >= 0.6 is 0 Å². The van der Waals surface area contributed by atoms with Crippen molar-refractivity contribution in [3.63, 3.8) is 0 Å². The number of rotatable bonds is 3. The maximum Gasteiger partial charge on any atom is 0.269 e. The molecule has 0 unspecified atom stereocenters. The van der Waals surface area contributed by atoms with Gasteiger partial charge in [0, 0.05) is 17.7 Å². The van der Waals surface area contributed by atoms with Crippen LogP contribution in [0.1, 0.15) is 16.7 Å². The second-order valence-electron chi connectivity index (χ2n) is 6.17. The van der Waals surface area contributed by atoms with E-state index in [9.17, 15) is 20.5 Å². The van der Waals surface area contributed by atoms with Crippen LogP contribution in [-0.2, 0) is 0 Å². The zero-order valence-corrected chi connectivity index (χ0v) is 14.9. The molecule has 0 aromatic heterocycles. The van der Waals surface area contributed by atoms with Gasteiger partial charge in [-0.25, -0.2) is 4.99 Å². The lowest BCUT2D eigenvalue weighted by Crippen LogP contribution is -2.16. The van der Waals surface area contributed by atoms with Crippen LogP contribution in [0.25, 0.3) is 11.3 Å². The number of nitriles is 1. The molecule has 0 spiro atoms. The Hall–Kier alpha value is -4.44. The Morgan fingerprint density at radius 2 is 1.66 bits per heavy atom. The van der Waals surface area contributed by atoms with Gasteiger partial charge in [0.1, 0.15) is 17.6 Å². The van der Waals surface area contributed by atoms with Crippen molar-refractivity contribution in [3.05, 3.63) is 99.6 Å². The first kappa shape index (κ1) is 17.9. The van der Waals surface area contributed by atoms with Crippen molar-refractivity contribution in [1.29, 1.82) is 5.26 Å². The fourth-order valence-corrected chi connectivity index (χ4v) is 3.00. The van der Waals surface area contributed by atoms with E-state index in [2.05, 4.69) is 11.1 Å². The molecule has 4 rings (SSSR count). The molecule has 0 atom stereocenters. The van der Waals surface area contributed by atoms with E-state index in [0.29, 0.717) is 28.1 Å². The lowest BCUT2D eigenvalue weighted by Gasteiger charge is -2.20. The van der Waals surface area contributed by atoms with Crippen molar-refractivity contribution in [2.24, 2.45) is 4.99 Å². The summed E-state index contributed by atoms with van der Waals surface area (Å²) in [5, 5.41) is 30.9. The molecule has 1 heterocycles. The van der Waals surface area contributed by atoms with E-state index in [0.717, 1.165) is 0 Å². The number of fused-ring (bicyclic) bond motifs is 1. The molecule has 7 heteroatoms. The fraction of sp³-hybridized carbons (Fsp3) is 0. The highest BCUT2D eigenvalue weighted by molar-refractivity contribution is 6.09. The van der Waals surface area contributed by atoms with Crippen LogP contribution in [0.5, 0.6) is 11.5 Å². The van der Waals surface area contributed by atoms with Crippen LogP contribution in [0.2, 0.25) is 0 Å². The van der Waals surface area contributed by atoms with Gasteiger partial charge in [-0.3, -0.25) is 10.1 Å². The van der Waals surface area contributed by atoms with Crippen molar-refractivity contribution in [2.45, 2.75) is 0 Å². The number of non-ortho nitro benzene ring substituents is 1. The number of aliphatic imine (C=N–C) groups is 1. The van der Waals surface area contributed by atoms with Gasteiger partial charge in [0.2, 0.25) is 5.90 Å². The first-order valence-corrected chi connectivity index (χ1v) is 8.62. The Kier molecular flexibility index (Phi) is 4.51. The number of para-hydroxylation sites is 2. The predicted octanol–water partition coefficient (Wildman–Crippen LogP) is 4.53. The van der Waals surface area contributed by atoms with E-state index in [1.54, 1.807) is 42.5 Å². The minimum absolute atomic E-state index is 0.00109. The van der Waals surface area contributed by atoms with Gasteiger partial charge in [0.05, 0.1) is 21.8 Å². The van der Waals surface area contributed by atoms with Crippen LogP contribution in [0.4, 0.5) is 5.69 Å². The number of aromatic hydroxyl groups is 1. The zero-order chi connectivity index (χ0) is 20.4. The number of hydrogen-bond acceptors (Lipinski definition) is 6. The van der Waals surface area contributed by atoms with Crippen molar-refractivity contribution in [1.82, 2.24) is 0 Å². The standard InChI is InChI=1S/C22H13N3O4/c23-13-18(14-9-11-15(12-10-14)25(27)28)21-17-6-2-4-8-20(17)29-22(24-21)16-5-1-3-7-19(16)26/h1-12,26H/b21-18-. The van der Waals surface area contributed by atoms with Gasteiger partial charge in [-0.15, -0.1) is 0 Å². The molecule has 0 aliphatic carbocycles. The van der Waals surface area contributed by atoms with E-state index < -0.39 is 4.92 Å². The average Bonchev–Trinajstić information content (AvgIpc) is 2.75. The van der Waals surface area contributed by atoms with Gasteiger partial charge in [0.15, 0.2) is 0 Å². The van der Waals surface area contributed by atoms with Crippen molar-refractivity contribution >= 4 is 22.9 Å². The van der Waals surface area contributed by atoms with Gasteiger partial charge >= 0.3 is 0 Å². The van der Waals surface area contributed by atoms with Crippen molar-refractivity contribution < 1.29 is 14.8 Å². The van der Waals surface area contributed by atoms with Gasteiger partial charge in [0.25, 0.3) is 5.69 Å². The first-order chi connectivity index (χ1) is 14.1. The third-order valence-corrected chi connectivity index (χ3v) is 4.41. The maximum absolute atomic E-state index is 10.9. The molecule has 0 bridgehead atoms. The van der Waals surface area contributed by atoms with Crippen LogP contribution in [0.3, 0.4) is 0 Å². The van der Waals surface area contributed by atoms with E-state index >= 15 is 0 Å². The molecule has 7 nitrogen and oxygen atoms in total. The van der Waals surface area contributed by atoms with Crippen molar-refractivity contribution in [3.8, 4) is 17.6 Å². The van der Waals surface area contributed by atoms with Crippen LogP contribution in [-0.4, -0.2) is 15.9 Å². The first-order valence-electron chi connectivity index (χ1n) is 8.62. The molecule has 0 fully saturated rings. The predicted molar refractivity (Wildman–Crippen MR) is 107 cm³/mol. The highest BCUT2D eigenvalue weighted by Crippen LogP contribution is 2.38. The summed E-state index contributed by atoms with van der Waals surface area (Å²) in [4.78, 5) is 14.9. The van der Waals surface area contributed by atoms with Gasteiger partial charge in [-0.2, -0.15) is 5.26 Å². The zero-order valence-electron chi connectivity index (χ0n) is 14.9. The lowest BCUT2D eigenvalue weighted by atomic mass is 9.99. The normalized spacial score (nSPS) is 14.1. The summed E-state index contributed by atoms with van der Waals surface area (Å²) in [6.07, 6.45) is 0. The van der Waals surface area contributed by atoms with Crippen LogP contribution in [0, 0.1) is 21.4 Å². The van der Waals surface area contributed by atoms with Gasteiger partial charge in [-0.1, -0.05) is 24.3 Å². The Morgan fingerprint density at radius 3 is 2.31 bits per heavy atom. The number of benzene rings is 3. The minimum atomic E-state index is -0.499. The Morgan fingerprint density at radius 1 is 1.00 bits per heavy atom. The molecule has 1 aliphatic rings. The number of nitro benzene ring substituents is 1. The highest BCUT2D eigenvalue weighted by atomic mass is 16.6. The van der Waals surface area contributed by atoms with E-state index in [4.69, 9.17) is 4.74 Å². The second-order valence-corrected chi connectivity index (χ2v) is 6.17. The minimum Gasteiger partial charge on any atom is -0.507 e. The van der Waals surface area contributed by atoms with Gasteiger partial charge < -0.3 is 9.84 Å². The summed E-state index contributed by atoms with van der Waals surface area (Å²) in [5.41, 5.74) is 2.03. The Balaban J connectivity index is 1.93. The summed E-state index contributed by atoms with van der Waals surface area (Å²) >= 11 is 0. The molecule has 0 saturated carbocycles. The Labute approximate surface area is 165 Å². The number of hydrogen-bond donors (Lipinski definition) is 1. The van der Waals surface area contributed by atoms with E-state index in [1.165, 1.54) is 30.3 Å². The smallest absolute Gasteiger partial charge is 0.269 e. The molecule has 0 amide bonds. The quantitative estimate of drug-likeness (QED) is 0.406.